The molecule has 1 saturated heterocycles. The van der Waals surface area contributed by atoms with Crippen LogP contribution in [0.2, 0.25) is 0 Å². The van der Waals surface area contributed by atoms with Crippen molar-refractivity contribution in [2.24, 2.45) is 0 Å². The molecule has 7 heteroatoms. The summed E-state index contributed by atoms with van der Waals surface area (Å²) in [5.41, 5.74) is 5.98. The molecule has 2 aromatic carbocycles. The van der Waals surface area contributed by atoms with Gasteiger partial charge in [-0.1, -0.05) is 23.8 Å². The molecule has 3 heterocycles. The third-order valence-electron chi connectivity index (χ3n) is 6.62. The Bertz CT molecular complexity index is 1220. The lowest BCUT2D eigenvalue weighted by molar-refractivity contribution is -0.127. The second kappa shape index (κ2) is 8.39. The van der Waals surface area contributed by atoms with Crippen LogP contribution in [0, 0.1) is 19.7 Å². The van der Waals surface area contributed by atoms with Gasteiger partial charge in [-0.25, -0.2) is 9.07 Å². The minimum Gasteiger partial charge on any atom is -0.368 e. The Morgan fingerprint density at radius 1 is 1.00 bits per heavy atom. The van der Waals surface area contributed by atoms with Crippen LogP contribution in [0.1, 0.15) is 29.7 Å². The van der Waals surface area contributed by atoms with Crippen LogP contribution in [0.4, 0.5) is 15.9 Å². The summed E-state index contributed by atoms with van der Waals surface area (Å²) in [7, 11) is 0. The van der Waals surface area contributed by atoms with E-state index in [1.54, 1.807) is 18.3 Å². The number of amides is 1. The zero-order valence-electron chi connectivity index (χ0n) is 19.2. The molecule has 1 unspecified atom stereocenters. The minimum absolute atomic E-state index is 0.0323. The van der Waals surface area contributed by atoms with Crippen molar-refractivity contribution in [2.45, 2.75) is 26.8 Å². The molecule has 1 N–H and O–H groups in total. The number of allylic oxidation sites excluding steroid dienone is 1. The smallest absolute Gasteiger partial charge is 0.254 e. The lowest BCUT2D eigenvalue weighted by atomic mass is 9.90. The Balaban J connectivity index is 1.43. The number of halogens is 1. The fraction of sp³-hybridized carbons (Fsp3) is 0.308. The Labute approximate surface area is 193 Å². The molecule has 1 fully saturated rings. The minimum atomic E-state index is -0.278. The summed E-state index contributed by atoms with van der Waals surface area (Å²) in [4.78, 5) is 18.0. The van der Waals surface area contributed by atoms with Crippen molar-refractivity contribution >= 4 is 17.4 Å². The van der Waals surface area contributed by atoms with Crippen molar-refractivity contribution in [3.8, 4) is 0 Å². The molecule has 2 aliphatic heterocycles. The van der Waals surface area contributed by atoms with Gasteiger partial charge in [0.05, 0.1) is 11.8 Å². The highest BCUT2D eigenvalue weighted by atomic mass is 19.1. The van der Waals surface area contributed by atoms with Gasteiger partial charge in [0, 0.05) is 43.6 Å². The molecular formula is C26H28FN5O. The van der Waals surface area contributed by atoms with Crippen molar-refractivity contribution in [3.63, 3.8) is 0 Å². The van der Waals surface area contributed by atoms with E-state index >= 15 is 0 Å². The molecule has 33 heavy (non-hydrogen) atoms. The standard InChI is InChI=1S/C26H28FN5O/c1-17-4-9-22(18(2)16-17)25-24(19(3)29-23-10-11-28-32(23)25)26(33)31-14-12-30(13-15-31)21-7-5-20(27)6-8-21/h4-11,16,25,29H,12-15H2,1-3H3. The Hall–Kier alpha value is -3.61. The average molecular weight is 446 g/mol. The van der Waals surface area contributed by atoms with Gasteiger partial charge in [0.2, 0.25) is 0 Å². The number of aryl methyl sites for hydroxylation is 2. The van der Waals surface area contributed by atoms with Crippen molar-refractivity contribution < 1.29 is 9.18 Å². The molecule has 2 aliphatic rings. The van der Waals surface area contributed by atoms with Gasteiger partial charge in [0.15, 0.2) is 0 Å². The molecule has 0 saturated carbocycles. The third-order valence-corrected chi connectivity index (χ3v) is 6.62. The first kappa shape index (κ1) is 21.2. The maximum atomic E-state index is 13.9. The lowest BCUT2D eigenvalue weighted by Gasteiger charge is -2.39. The highest BCUT2D eigenvalue weighted by Crippen LogP contribution is 2.38. The summed E-state index contributed by atoms with van der Waals surface area (Å²) < 4.78 is 15.2. The molecule has 0 aliphatic carbocycles. The maximum absolute atomic E-state index is 13.9. The molecule has 6 nitrogen and oxygen atoms in total. The first-order chi connectivity index (χ1) is 15.9. The van der Waals surface area contributed by atoms with E-state index in [2.05, 4.69) is 47.4 Å². The number of rotatable bonds is 3. The summed E-state index contributed by atoms with van der Waals surface area (Å²) >= 11 is 0. The summed E-state index contributed by atoms with van der Waals surface area (Å²) in [6.45, 7) is 8.77. The molecule has 1 amide bonds. The monoisotopic (exact) mass is 445 g/mol. The molecule has 0 radical (unpaired) electrons. The number of nitrogens with zero attached hydrogens (tertiary/aromatic N) is 4. The van der Waals surface area contributed by atoms with E-state index in [-0.39, 0.29) is 17.8 Å². The number of hydrogen-bond acceptors (Lipinski definition) is 4. The number of hydrogen-bond donors (Lipinski definition) is 1. The topological polar surface area (TPSA) is 53.4 Å². The lowest BCUT2D eigenvalue weighted by Crippen LogP contribution is -2.50. The number of benzene rings is 2. The second-order valence-electron chi connectivity index (χ2n) is 8.84. The maximum Gasteiger partial charge on any atom is 0.254 e. The molecule has 0 spiro atoms. The van der Waals surface area contributed by atoms with Gasteiger partial charge in [-0.05, 0) is 56.2 Å². The summed E-state index contributed by atoms with van der Waals surface area (Å²) in [6.07, 6.45) is 1.76. The average Bonchev–Trinajstić information content (AvgIpc) is 3.27. The van der Waals surface area contributed by atoms with Crippen molar-refractivity contribution in [1.82, 2.24) is 14.7 Å². The summed E-state index contributed by atoms with van der Waals surface area (Å²) in [5, 5.41) is 7.93. The van der Waals surface area contributed by atoms with Crippen LogP contribution in [0.3, 0.4) is 0 Å². The Morgan fingerprint density at radius 2 is 1.73 bits per heavy atom. The molecule has 170 valence electrons. The van der Waals surface area contributed by atoms with Crippen molar-refractivity contribution in [3.05, 3.63) is 88.5 Å². The van der Waals surface area contributed by atoms with Crippen molar-refractivity contribution in [1.29, 1.82) is 0 Å². The Morgan fingerprint density at radius 3 is 2.42 bits per heavy atom. The zero-order valence-corrected chi connectivity index (χ0v) is 19.2. The number of piperazine rings is 1. The van der Waals surface area contributed by atoms with Gasteiger partial charge >= 0.3 is 0 Å². The van der Waals surface area contributed by atoms with Gasteiger partial charge in [-0.3, -0.25) is 4.79 Å². The molecular weight excluding hydrogens is 417 g/mol. The molecule has 0 bridgehead atoms. The zero-order chi connectivity index (χ0) is 23.1. The first-order valence-corrected chi connectivity index (χ1v) is 11.3. The molecule has 1 atom stereocenters. The van der Waals surface area contributed by atoms with Crippen LogP contribution in [0.5, 0.6) is 0 Å². The van der Waals surface area contributed by atoms with E-state index in [0.717, 1.165) is 33.9 Å². The van der Waals surface area contributed by atoms with Gasteiger partial charge in [-0.15, -0.1) is 0 Å². The molecule has 5 rings (SSSR count). The number of nitrogens with one attached hydrogen (secondary N) is 1. The molecule has 3 aromatic rings. The number of carbonyl (C=O) groups excluding carboxylic acids is 1. The number of fused-ring (bicyclic) bond motifs is 1. The van der Waals surface area contributed by atoms with Gasteiger partial charge in [0.25, 0.3) is 5.91 Å². The van der Waals surface area contributed by atoms with Crippen LogP contribution in [0.25, 0.3) is 0 Å². The fourth-order valence-corrected chi connectivity index (χ4v) is 4.89. The van der Waals surface area contributed by atoms with E-state index < -0.39 is 0 Å². The second-order valence-corrected chi connectivity index (χ2v) is 8.84. The predicted octanol–water partition coefficient (Wildman–Crippen LogP) is 4.28. The predicted molar refractivity (Wildman–Crippen MR) is 128 cm³/mol. The van der Waals surface area contributed by atoms with Crippen molar-refractivity contribution in [2.75, 3.05) is 36.4 Å². The highest BCUT2D eigenvalue weighted by molar-refractivity contribution is 5.97. The Kier molecular flexibility index (Phi) is 5.40. The third kappa shape index (κ3) is 3.88. The number of anilines is 2. The number of aromatic nitrogens is 2. The first-order valence-electron chi connectivity index (χ1n) is 11.3. The molecule has 1 aromatic heterocycles. The summed E-state index contributed by atoms with van der Waals surface area (Å²) in [6, 6.07) is 14.5. The fourth-order valence-electron chi connectivity index (χ4n) is 4.89. The van der Waals surface area contributed by atoms with E-state index in [0.29, 0.717) is 26.2 Å². The SMILES string of the molecule is CC1=C(C(=O)N2CCN(c3ccc(F)cc3)CC2)C(c2ccc(C)cc2C)n2nccc2N1. The largest absolute Gasteiger partial charge is 0.368 e. The van der Waals surface area contributed by atoms with E-state index in [1.165, 1.54) is 17.7 Å². The van der Waals surface area contributed by atoms with Crippen LogP contribution in [-0.2, 0) is 4.79 Å². The van der Waals surface area contributed by atoms with Gasteiger partial charge in [-0.2, -0.15) is 5.10 Å². The quantitative estimate of drug-likeness (QED) is 0.654. The van der Waals surface area contributed by atoms with Crippen LogP contribution < -0.4 is 10.2 Å². The summed E-state index contributed by atoms with van der Waals surface area (Å²) in [5.74, 6) is 0.676. The van der Waals surface area contributed by atoms with Crippen LogP contribution >= 0.6 is 0 Å². The van der Waals surface area contributed by atoms with Gasteiger partial charge < -0.3 is 15.1 Å². The highest BCUT2D eigenvalue weighted by Gasteiger charge is 2.36. The normalized spacial score (nSPS) is 18.2. The van der Waals surface area contributed by atoms with E-state index in [1.807, 2.05) is 22.6 Å². The number of carbonyl (C=O) groups is 1. The van der Waals surface area contributed by atoms with E-state index in [9.17, 15) is 9.18 Å². The van der Waals surface area contributed by atoms with E-state index in [4.69, 9.17) is 0 Å². The van der Waals surface area contributed by atoms with Crippen LogP contribution in [0.15, 0.2) is 66.0 Å². The van der Waals surface area contributed by atoms with Gasteiger partial charge in [0.1, 0.15) is 17.7 Å². The van der Waals surface area contributed by atoms with Crippen LogP contribution in [-0.4, -0.2) is 46.8 Å².